The van der Waals surface area contributed by atoms with Crippen LogP contribution in [0.15, 0.2) is 29.2 Å². The third kappa shape index (κ3) is 5.76. The average molecular weight is 392 g/mol. The number of hydrogen-bond acceptors (Lipinski definition) is 6. The Kier molecular flexibility index (Phi) is 7.19. The molecule has 2 N–H and O–H groups in total. The molecule has 0 fully saturated rings. The van der Waals surface area contributed by atoms with Gasteiger partial charge >= 0.3 is 17.8 Å². The first-order chi connectivity index (χ1) is 11.9. The standard InChI is InChI=1S/C15H18F2N2O6S/c1-8(2)18-15(22)19-12(20)9(3)25-13(21)10-4-6-11(7-5-10)26(23,24)14(16)17/h4-9,14H,1-3H3,(H2,18,19,20,22)/t9-/m0/s1. The fourth-order valence-corrected chi connectivity index (χ4v) is 2.40. The van der Waals surface area contributed by atoms with E-state index in [1.807, 2.05) is 5.32 Å². The Morgan fingerprint density at radius 3 is 2.04 bits per heavy atom. The van der Waals surface area contributed by atoms with Gasteiger partial charge in [-0.05, 0) is 45.0 Å². The van der Waals surface area contributed by atoms with E-state index in [0.717, 1.165) is 24.3 Å². The highest BCUT2D eigenvalue weighted by molar-refractivity contribution is 7.91. The van der Waals surface area contributed by atoms with E-state index < -0.39 is 44.5 Å². The fourth-order valence-electron chi connectivity index (χ4n) is 1.68. The molecule has 0 spiro atoms. The molecule has 26 heavy (non-hydrogen) atoms. The van der Waals surface area contributed by atoms with Crippen molar-refractivity contribution >= 4 is 27.7 Å². The number of halogens is 2. The lowest BCUT2D eigenvalue weighted by molar-refractivity contribution is -0.127. The third-order valence-electron chi connectivity index (χ3n) is 2.96. The summed E-state index contributed by atoms with van der Waals surface area (Å²) in [6.45, 7) is 4.60. The summed E-state index contributed by atoms with van der Waals surface area (Å²) in [7, 11) is -4.77. The predicted molar refractivity (Wildman–Crippen MR) is 86.3 cm³/mol. The van der Waals surface area contributed by atoms with E-state index in [-0.39, 0.29) is 11.6 Å². The second-order valence-corrected chi connectivity index (χ2v) is 7.41. The maximum absolute atomic E-state index is 12.4. The number of carbonyl (C=O) groups excluding carboxylic acids is 3. The number of amides is 3. The fraction of sp³-hybridized carbons (Fsp3) is 0.400. The monoisotopic (exact) mass is 392 g/mol. The Morgan fingerprint density at radius 1 is 1.04 bits per heavy atom. The first-order valence-corrected chi connectivity index (χ1v) is 8.94. The van der Waals surface area contributed by atoms with Crippen molar-refractivity contribution in [1.29, 1.82) is 0 Å². The summed E-state index contributed by atoms with van der Waals surface area (Å²) in [5, 5.41) is 4.39. The zero-order chi connectivity index (χ0) is 20.1. The number of urea groups is 1. The number of ether oxygens (including phenoxy) is 1. The van der Waals surface area contributed by atoms with E-state index in [1.165, 1.54) is 6.92 Å². The van der Waals surface area contributed by atoms with Crippen molar-refractivity contribution in [3.05, 3.63) is 29.8 Å². The Labute approximate surface area is 148 Å². The molecule has 3 amide bonds. The highest BCUT2D eigenvalue weighted by Gasteiger charge is 2.27. The van der Waals surface area contributed by atoms with Crippen LogP contribution >= 0.6 is 0 Å². The normalized spacial score (nSPS) is 12.6. The molecule has 11 heteroatoms. The molecule has 1 atom stereocenters. The molecule has 0 heterocycles. The van der Waals surface area contributed by atoms with Crippen LogP contribution in [0.25, 0.3) is 0 Å². The number of esters is 1. The lowest BCUT2D eigenvalue weighted by Gasteiger charge is -2.14. The Bertz CT molecular complexity index is 778. The maximum Gasteiger partial charge on any atom is 0.341 e. The van der Waals surface area contributed by atoms with E-state index in [1.54, 1.807) is 13.8 Å². The van der Waals surface area contributed by atoms with Gasteiger partial charge in [-0.1, -0.05) is 0 Å². The quantitative estimate of drug-likeness (QED) is 0.708. The van der Waals surface area contributed by atoms with Gasteiger partial charge in [-0.2, -0.15) is 8.78 Å². The SMILES string of the molecule is CC(C)NC(=O)NC(=O)[C@H](C)OC(=O)c1ccc(S(=O)(=O)C(F)F)cc1. The van der Waals surface area contributed by atoms with Crippen molar-refractivity contribution in [2.75, 3.05) is 0 Å². The van der Waals surface area contributed by atoms with E-state index in [2.05, 4.69) is 5.32 Å². The van der Waals surface area contributed by atoms with E-state index in [0.29, 0.717) is 0 Å². The van der Waals surface area contributed by atoms with Gasteiger partial charge in [-0.25, -0.2) is 18.0 Å². The van der Waals surface area contributed by atoms with Gasteiger partial charge in [0.2, 0.25) is 9.84 Å². The minimum absolute atomic E-state index is 0.149. The lowest BCUT2D eigenvalue weighted by atomic mass is 10.2. The predicted octanol–water partition coefficient (Wildman–Crippen LogP) is 1.46. The van der Waals surface area contributed by atoms with Gasteiger partial charge in [-0.3, -0.25) is 10.1 Å². The molecule has 0 radical (unpaired) electrons. The van der Waals surface area contributed by atoms with Crippen LogP contribution in [0, 0.1) is 0 Å². The smallest absolute Gasteiger partial charge is 0.341 e. The third-order valence-corrected chi connectivity index (χ3v) is 4.36. The zero-order valence-corrected chi connectivity index (χ0v) is 15.0. The van der Waals surface area contributed by atoms with E-state index in [9.17, 15) is 31.6 Å². The first-order valence-electron chi connectivity index (χ1n) is 7.39. The Balaban J connectivity index is 2.73. The van der Waals surface area contributed by atoms with Crippen LogP contribution in [0.1, 0.15) is 31.1 Å². The van der Waals surface area contributed by atoms with Crippen LogP contribution in [-0.2, 0) is 19.4 Å². The van der Waals surface area contributed by atoms with Gasteiger partial charge in [0.1, 0.15) is 0 Å². The molecule has 1 rings (SSSR count). The lowest BCUT2D eigenvalue weighted by Crippen LogP contribution is -2.46. The molecule has 0 aliphatic carbocycles. The van der Waals surface area contributed by atoms with Crippen molar-refractivity contribution in [3.8, 4) is 0 Å². The summed E-state index contributed by atoms with van der Waals surface area (Å²) in [5.74, 6) is -5.44. The highest BCUT2D eigenvalue weighted by Crippen LogP contribution is 2.19. The van der Waals surface area contributed by atoms with Gasteiger partial charge in [0.05, 0.1) is 10.5 Å². The molecular weight excluding hydrogens is 374 g/mol. The molecule has 0 saturated heterocycles. The van der Waals surface area contributed by atoms with Gasteiger partial charge in [0, 0.05) is 6.04 Å². The van der Waals surface area contributed by atoms with E-state index >= 15 is 0 Å². The molecule has 144 valence electrons. The molecule has 8 nitrogen and oxygen atoms in total. The molecule has 0 bridgehead atoms. The largest absolute Gasteiger partial charge is 0.449 e. The number of hydrogen-bond donors (Lipinski definition) is 2. The second-order valence-electron chi connectivity index (χ2n) is 5.49. The second kappa shape index (κ2) is 8.70. The first kappa shape index (κ1) is 21.5. The van der Waals surface area contributed by atoms with Gasteiger partial charge < -0.3 is 10.1 Å². The number of carbonyl (C=O) groups is 3. The molecule has 0 saturated carbocycles. The molecule has 0 aliphatic heterocycles. The molecule has 0 aliphatic rings. The zero-order valence-electron chi connectivity index (χ0n) is 14.2. The van der Waals surface area contributed by atoms with Crippen molar-refractivity contribution in [3.63, 3.8) is 0 Å². The number of rotatable bonds is 6. The topological polar surface area (TPSA) is 119 Å². The molecule has 0 aromatic heterocycles. The summed E-state index contributed by atoms with van der Waals surface area (Å²) in [4.78, 5) is 34.4. The number of nitrogens with one attached hydrogen (secondary N) is 2. The molecule has 1 aromatic carbocycles. The molecule has 1 aromatic rings. The summed E-state index contributed by atoms with van der Waals surface area (Å²) in [6.07, 6.45) is -1.31. The summed E-state index contributed by atoms with van der Waals surface area (Å²) >= 11 is 0. The van der Waals surface area contributed by atoms with Crippen LogP contribution < -0.4 is 10.6 Å². The number of benzene rings is 1. The Morgan fingerprint density at radius 2 is 1.58 bits per heavy atom. The van der Waals surface area contributed by atoms with Gasteiger partial charge in [0.15, 0.2) is 6.10 Å². The van der Waals surface area contributed by atoms with Crippen LogP contribution in [-0.4, -0.2) is 44.2 Å². The van der Waals surface area contributed by atoms with Crippen LogP contribution in [0.3, 0.4) is 0 Å². The van der Waals surface area contributed by atoms with Crippen molar-refractivity contribution in [2.24, 2.45) is 0 Å². The summed E-state index contributed by atoms with van der Waals surface area (Å²) < 4.78 is 52.3. The minimum Gasteiger partial charge on any atom is -0.449 e. The van der Waals surface area contributed by atoms with Crippen LogP contribution in [0.2, 0.25) is 0 Å². The van der Waals surface area contributed by atoms with Gasteiger partial charge in [-0.15, -0.1) is 0 Å². The molecule has 0 unspecified atom stereocenters. The van der Waals surface area contributed by atoms with Crippen molar-refractivity contribution in [1.82, 2.24) is 10.6 Å². The van der Waals surface area contributed by atoms with Crippen LogP contribution in [0.4, 0.5) is 13.6 Å². The highest BCUT2D eigenvalue weighted by atomic mass is 32.2. The number of alkyl halides is 2. The van der Waals surface area contributed by atoms with E-state index in [4.69, 9.17) is 4.74 Å². The average Bonchev–Trinajstić information content (AvgIpc) is 2.53. The summed E-state index contributed by atoms with van der Waals surface area (Å²) in [6, 6.07) is 2.66. The summed E-state index contributed by atoms with van der Waals surface area (Å²) in [5.41, 5.74) is -0.149. The van der Waals surface area contributed by atoms with Gasteiger partial charge in [0.25, 0.3) is 5.91 Å². The minimum atomic E-state index is -4.77. The Hall–Kier alpha value is -2.56. The maximum atomic E-state index is 12.4. The van der Waals surface area contributed by atoms with Crippen LogP contribution in [0.5, 0.6) is 0 Å². The van der Waals surface area contributed by atoms with Crippen molar-refractivity contribution < 1.29 is 36.3 Å². The van der Waals surface area contributed by atoms with Crippen molar-refractivity contribution in [2.45, 2.75) is 43.6 Å². The molecular formula is C15H18F2N2O6S. The number of sulfone groups is 1. The number of imide groups is 1.